The predicted molar refractivity (Wildman–Crippen MR) is 94.5 cm³/mol. The molecule has 0 atom stereocenters. The summed E-state index contributed by atoms with van der Waals surface area (Å²) < 4.78 is 6.38. The van der Waals surface area contributed by atoms with E-state index < -0.39 is 0 Å². The van der Waals surface area contributed by atoms with E-state index in [-0.39, 0.29) is 5.60 Å². The van der Waals surface area contributed by atoms with E-state index in [4.69, 9.17) is 4.74 Å². The summed E-state index contributed by atoms with van der Waals surface area (Å²) in [6.45, 7) is 3.33. The molecule has 1 spiro atoms. The van der Waals surface area contributed by atoms with Crippen LogP contribution in [0.1, 0.15) is 56.1 Å². The van der Waals surface area contributed by atoms with Gasteiger partial charge in [-0.25, -0.2) is 0 Å². The van der Waals surface area contributed by atoms with E-state index in [2.05, 4.69) is 29.2 Å². The molecule has 5 fully saturated rings. The molecule has 2 aliphatic heterocycles. The third-order valence-corrected chi connectivity index (χ3v) is 8.22. The number of likely N-dealkylation sites (tertiary alicyclic amines) is 1. The van der Waals surface area contributed by atoms with Crippen molar-refractivity contribution >= 4 is 0 Å². The first kappa shape index (κ1) is 14.3. The van der Waals surface area contributed by atoms with Crippen LogP contribution in [0.2, 0.25) is 0 Å². The van der Waals surface area contributed by atoms with Crippen LogP contribution < -0.4 is 0 Å². The molecule has 4 bridgehead atoms. The summed E-state index contributed by atoms with van der Waals surface area (Å²) in [4.78, 5) is 2.89. The quantitative estimate of drug-likeness (QED) is 0.762. The van der Waals surface area contributed by atoms with Gasteiger partial charge in [0.1, 0.15) is 0 Å². The summed E-state index contributed by atoms with van der Waals surface area (Å²) in [5.74, 6) is 4.22. The topological polar surface area (TPSA) is 12.5 Å². The fourth-order valence-corrected chi connectivity index (χ4v) is 7.47. The highest BCUT2D eigenvalue weighted by molar-refractivity contribution is 5.36. The Bertz CT molecular complexity index is 617. The molecule has 2 heteroatoms. The van der Waals surface area contributed by atoms with Gasteiger partial charge in [0.15, 0.2) is 0 Å². The Kier molecular flexibility index (Phi) is 3.03. The van der Waals surface area contributed by atoms with Gasteiger partial charge in [-0.05, 0) is 79.7 Å². The largest absolute Gasteiger partial charge is 0.365 e. The Labute approximate surface area is 145 Å². The van der Waals surface area contributed by atoms with E-state index in [9.17, 15) is 0 Å². The number of benzene rings is 1. The van der Waals surface area contributed by atoms with Crippen molar-refractivity contribution in [2.24, 2.45) is 23.7 Å². The Hall–Kier alpha value is -0.860. The summed E-state index contributed by atoms with van der Waals surface area (Å²) in [6.07, 6.45) is 10.1. The fourth-order valence-electron chi connectivity index (χ4n) is 7.47. The molecule has 0 unspecified atom stereocenters. The predicted octanol–water partition coefficient (Wildman–Crippen LogP) is 4.33. The van der Waals surface area contributed by atoms with Gasteiger partial charge in [0.25, 0.3) is 0 Å². The molecule has 7 rings (SSSR count). The lowest BCUT2D eigenvalue weighted by Gasteiger charge is -2.58. The number of hydrogen-bond acceptors (Lipinski definition) is 2. The zero-order chi connectivity index (χ0) is 15.7. The molecule has 6 aliphatic rings. The first-order valence-corrected chi connectivity index (χ1v) is 10.3. The van der Waals surface area contributed by atoms with Crippen molar-refractivity contribution in [1.29, 1.82) is 0 Å². The van der Waals surface area contributed by atoms with E-state index >= 15 is 0 Å². The minimum absolute atomic E-state index is 0.0407. The molecule has 4 aliphatic carbocycles. The maximum absolute atomic E-state index is 6.38. The van der Waals surface area contributed by atoms with Gasteiger partial charge in [-0.1, -0.05) is 24.3 Å². The van der Waals surface area contributed by atoms with E-state index in [1.165, 1.54) is 37.1 Å². The molecule has 0 aromatic heterocycles. The molecule has 0 amide bonds. The zero-order valence-electron chi connectivity index (χ0n) is 14.6. The van der Waals surface area contributed by atoms with Gasteiger partial charge >= 0.3 is 0 Å². The second kappa shape index (κ2) is 5.08. The highest BCUT2D eigenvalue weighted by Crippen LogP contribution is 2.56. The van der Waals surface area contributed by atoms with Crippen LogP contribution in [0.3, 0.4) is 0 Å². The van der Waals surface area contributed by atoms with Crippen molar-refractivity contribution in [2.75, 3.05) is 13.1 Å². The van der Waals surface area contributed by atoms with Crippen molar-refractivity contribution in [3.63, 3.8) is 0 Å². The molecular weight excluding hydrogens is 294 g/mol. The van der Waals surface area contributed by atoms with E-state index in [0.717, 1.165) is 36.3 Å². The second-order valence-electron chi connectivity index (χ2n) is 9.40. The van der Waals surface area contributed by atoms with E-state index in [1.807, 2.05) is 0 Å². The van der Waals surface area contributed by atoms with Crippen LogP contribution >= 0.6 is 0 Å². The molecule has 2 heterocycles. The van der Waals surface area contributed by atoms with E-state index in [1.54, 1.807) is 32.1 Å². The van der Waals surface area contributed by atoms with Gasteiger partial charge in [0.05, 0.1) is 12.2 Å². The lowest BCUT2D eigenvalue weighted by Crippen LogP contribution is -2.58. The van der Waals surface area contributed by atoms with Gasteiger partial charge in [0.2, 0.25) is 0 Å². The number of rotatable bonds is 1. The van der Waals surface area contributed by atoms with Gasteiger partial charge in [0, 0.05) is 19.1 Å². The van der Waals surface area contributed by atoms with Crippen molar-refractivity contribution in [1.82, 2.24) is 4.90 Å². The molecule has 1 aromatic rings. The Morgan fingerprint density at radius 2 is 1.54 bits per heavy atom. The minimum Gasteiger partial charge on any atom is -0.365 e. The zero-order valence-corrected chi connectivity index (χ0v) is 14.6. The average Bonchev–Trinajstić information content (AvgIpc) is 2.95. The SMILES string of the molecule is c1ccc2c(c1)COC21CCN(C2C3CC4CC(C3)CC2C4)CC1. The van der Waals surface area contributed by atoms with Crippen LogP contribution in [0.5, 0.6) is 0 Å². The van der Waals surface area contributed by atoms with E-state index in [0.29, 0.717) is 0 Å². The molecule has 24 heavy (non-hydrogen) atoms. The molecule has 0 radical (unpaired) electrons. The number of hydrogen-bond donors (Lipinski definition) is 0. The van der Waals surface area contributed by atoms with Gasteiger partial charge in [-0.2, -0.15) is 0 Å². The molecule has 1 aromatic carbocycles. The maximum Gasteiger partial charge on any atom is 0.0963 e. The lowest BCUT2D eigenvalue weighted by atomic mass is 9.53. The van der Waals surface area contributed by atoms with Gasteiger partial charge in [-0.15, -0.1) is 0 Å². The number of nitrogens with zero attached hydrogens (tertiary/aromatic N) is 1. The molecule has 2 nitrogen and oxygen atoms in total. The monoisotopic (exact) mass is 323 g/mol. The third-order valence-electron chi connectivity index (χ3n) is 8.22. The Morgan fingerprint density at radius 3 is 2.25 bits per heavy atom. The average molecular weight is 323 g/mol. The van der Waals surface area contributed by atoms with Gasteiger partial charge in [-0.3, -0.25) is 4.90 Å². The standard InChI is InChI=1S/C22H29NO/c1-2-4-20-17(3-1)14-24-22(20)5-7-23(8-6-22)21-18-10-15-9-16(12-18)13-19(21)11-15/h1-4,15-16,18-19,21H,5-14H2. The van der Waals surface area contributed by atoms with Crippen LogP contribution in [0.4, 0.5) is 0 Å². The van der Waals surface area contributed by atoms with Gasteiger partial charge < -0.3 is 4.74 Å². The van der Waals surface area contributed by atoms with Crippen LogP contribution in [0, 0.1) is 23.7 Å². The van der Waals surface area contributed by atoms with Crippen molar-refractivity contribution in [3.05, 3.63) is 35.4 Å². The smallest absolute Gasteiger partial charge is 0.0963 e. The molecule has 4 saturated carbocycles. The molecule has 0 N–H and O–H groups in total. The molecule has 128 valence electrons. The Balaban J connectivity index is 1.22. The maximum atomic E-state index is 6.38. The number of ether oxygens (including phenoxy) is 1. The van der Waals surface area contributed by atoms with Crippen molar-refractivity contribution < 1.29 is 4.74 Å². The second-order valence-corrected chi connectivity index (χ2v) is 9.40. The first-order chi connectivity index (χ1) is 11.8. The normalized spacial score (nSPS) is 42.6. The van der Waals surface area contributed by atoms with Crippen LogP contribution in [0.25, 0.3) is 0 Å². The summed E-state index contributed by atoms with van der Waals surface area (Å²) in [7, 11) is 0. The summed E-state index contributed by atoms with van der Waals surface area (Å²) in [6, 6.07) is 9.84. The minimum atomic E-state index is 0.0407. The van der Waals surface area contributed by atoms with Crippen LogP contribution in [-0.4, -0.2) is 24.0 Å². The third kappa shape index (κ3) is 1.96. The fraction of sp³-hybridized carbons (Fsp3) is 0.727. The highest BCUT2D eigenvalue weighted by Gasteiger charge is 2.52. The van der Waals surface area contributed by atoms with Crippen molar-refractivity contribution in [3.8, 4) is 0 Å². The highest BCUT2D eigenvalue weighted by atomic mass is 16.5. The molecular formula is C22H29NO. The summed E-state index contributed by atoms with van der Waals surface area (Å²) in [5.41, 5.74) is 2.97. The number of fused-ring (bicyclic) bond motifs is 2. The summed E-state index contributed by atoms with van der Waals surface area (Å²) >= 11 is 0. The molecule has 1 saturated heterocycles. The summed E-state index contributed by atoms with van der Waals surface area (Å²) in [5, 5.41) is 0. The first-order valence-electron chi connectivity index (χ1n) is 10.3. The van der Waals surface area contributed by atoms with Crippen LogP contribution in [-0.2, 0) is 16.9 Å². The van der Waals surface area contributed by atoms with Crippen molar-refractivity contribution in [2.45, 2.75) is 63.2 Å². The van der Waals surface area contributed by atoms with Crippen LogP contribution in [0.15, 0.2) is 24.3 Å². The number of piperidine rings is 1. The Morgan fingerprint density at radius 1 is 0.875 bits per heavy atom. The lowest BCUT2D eigenvalue weighted by molar-refractivity contribution is -0.117.